The number of likely N-dealkylation sites (tertiary alicyclic amines) is 1. The Morgan fingerprint density at radius 3 is 3.16 bits per heavy atom. The molecule has 2 aliphatic heterocycles. The third-order valence-corrected chi connectivity index (χ3v) is 4.38. The van der Waals surface area contributed by atoms with Gasteiger partial charge in [-0.05, 0) is 18.4 Å². The Hall–Kier alpha value is -1.88. The molecule has 0 spiro atoms. The highest BCUT2D eigenvalue weighted by Crippen LogP contribution is 2.29. The first-order valence-electron chi connectivity index (χ1n) is 6.79. The molecule has 19 heavy (non-hydrogen) atoms. The number of H-pyrrole nitrogens is 1. The van der Waals surface area contributed by atoms with Crippen molar-refractivity contribution in [3.8, 4) is 0 Å². The van der Waals surface area contributed by atoms with Gasteiger partial charge >= 0.3 is 0 Å². The predicted octanol–water partition coefficient (Wildman–Crippen LogP) is 0.997. The Morgan fingerprint density at radius 2 is 2.21 bits per heavy atom. The minimum absolute atomic E-state index is 0.0636. The summed E-state index contributed by atoms with van der Waals surface area (Å²) >= 11 is 0. The highest BCUT2D eigenvalue weighted by Gasteiger charge is 2.40. The van der Waals surface area contributed by atoms with Crippen LogP contribution in [0.15, 0.2) is 24.3 Å². The lowest BCUT2D eigenvalue weighted by Gasteiger charge is -2.22. The molecular formula is C14H16N4O. The van der Waals surface area contributed by atoms with Crippen molar-refractivity contribution in [2.75, 3.05) is 19.6 Å². The van der Waals surface area contributed by atoms with Gasteiger partial charge in [-0.2, -0.15) is 5.10 Å². The number of amides is 1. The molecule has 2 atom stereocenters. The number of aromatic amines is 1. The molecule has 0 radical (unpaired) electrons. The van der Waals surface area contributed by atoms with Crippen LogP contribution < -0.4 is 5.32 Å². The van der Waals surface area contributed by atoms with Crippen molar-refractivity contribution in [1.29, 1.82) is 0 Å². The van der Waals surface area contributed by atoms with Gasteiger partial charge in [0.1, 0.15) is 0 Å². The molecule has 1 aromatic heterocycles. The highest BCUT2D eigenvalue weighted by atomic mass is 16.2. The number of carbonyl (C=O) groups is 1. The van der Waals surface area contributed by atoms with E-state index in [2.05, 4.69) is 15.5 Å². The summed E-state index contributed by atoms with van der Waals surface area (Å²) in [7, 11) is 0. The Morgan fingerprint density at radius 1 is 1.32 bits per heavy atom. The smallest absolute Gasteiger partial charge is 0.275 e. The van der Waals surface area contributed by atoms with Crippen LogP contribution in [-0.2, 0) is 0 Å². The van der Waals surface area contributed by atoms with Crippen molar-refractivity contribution in [2.24, 2.45) is 5.92 Å². The molecular weight excluding hydrogens is 240 g/mol. The minimum atomic E-state index is 0.0636. The number of hydrogen-bond donors (Lipinski definition) is 2. The Labute approximate surface area is 111 Å². The monoisotopic (exact) mass is 256 g/mol. The van der Waals surface area contributed by atoms with Crippen LogP contribution in [0.5, 0.6) is 0 Å². The molecule has 0 aliphatic carbocycles. The topological polar surface area (TPSA) is 61.0 Å². The van der Waals surface area contributed by atoms with Gasteiger partial charge in [-0.3, -0.25) is 9.89 Å². The molecule has 3 heterocycles. The fourth-order valence-corrected chi connectivity index (χ4v) is 3.36. The molecule has 98 valence electrons. The van der Waals surface area contributed by atoms with Crippen LogP contribution in [-0.4, -0.2) is 46.7 Å². The average Bonchev–Trinajstić information content (AvgIpc) is 3.12. The maximum atomic E-state index is 12.7. The third-order valence-electron chi connectivity index (χ3n) is 4.38. The summed E-state index contributed by atoms with van der Waals surface area (Å²) in [6.07, 6.45) is 1.10. The summed E-state index contributed by atoms with van der Waals surface area (Å²) in [5.41, 5.74) is 1.48. The second-order valence-electron chi connectivity index (χ2n) is 5.39. The second-order valence-corrected chi connectivity index (χ2v) is 5.39. The molecule has 2 fully saturated rings. The van der Waals surface area contributed by atoms with Gasteiger partial charge in [0.25, 0.3) is 5.91 Å². The van der Waals surface area contributed by atoms with Crippen molar-refractivity contribution in [1.82, 2.24) is 20.4 Å². The first-order valence-corrected chi connectivity index (χ1v) is 6.79. The van der Waals surface area contributed by atoms with Gasteiger partial charge in [0, 0.05) is 31.1 Å². The molecule has 0 saturated carbocycles. The van der Waals surface area contributed by atoms with Gasteiger partial charge in [-0.25, -0.2) is 0 Å². The number of para-hydroxylation sites is 1. The van der Waals surface area contributed by atoms with Crippen molar-refractivity contribution >= 4 is 16.8 Å². The largest absolute Gasteiger partial charge is 0.333 e. The standard InChI is InChI=1S/C14H16N4O/c19-14(18-6-5-9-7-15-8-12(9)18)13-10-3-1-2-4-11(10)16-17-13/h1-4,9,12,15H,5-8H2,(H,16,17). The number of fused-ring (bicyclic) bond motifs is 2. The van der Waals surface area contributed by atoms with Gasteiger partial charge < -0.3 is 10.2 Å². The molecule has 5 nitrogen and oxygen atoms in total. The first-order chi connectivity index (χ1) is 9.34. The Kier molecular flexibility index (Phi) is 2.35. The van der Waals surface area contributed by atoms with Gasteiger partial charge in [0.05, 0.1) is 5.52 Å². The van der Waals surface area contributed by atoms with Crippen LogP contribution in [0.4, 0.5) is 0 Å². The zero-order chi connectivity index (χ0) is 12.8. The van der Waals surface area contributed by atoms with E-state index in [9.17, 15) is 4.79 Å². The molecule has 2 saturated heterocycles. The highest BCUT2D eigenvalue weighted by molar-refractivity contribution is 6.04. The summed E-state index contributed by atoms with van der Waals surface area (Å²) in [5, 5.41) is 11.4. The fourth-order valence-electron chi connectivity index (χ4n) is 3.36. The van der Waals surface area contributed by atoms with Crippen molar-refractivity contribution in [3.63, 3.8) is 0 Å². The van der Waals surface area contributed by atoms with Crippen molar-refractivity contribution in [3.05, 3.63) is 30.0 Å². The zero-order valence-electron chi connectivity index (χ0n) is 10.6. The summed E-state index contributed by atoms with van der Waals surface area (Å²) in [5.74, 6) is 0.683. The SMILES string of the molecule is O=C(c1n[nH]c2ccccc12)N1CCC2CNCC21. The summed E-state index contributed by atoms with van der Waals surface area (Å²) < 4.78 is 0. The number of benzene rings is 1. The molecule has 5 heteroatoms. The number of carbonyl (C=O) groups excluding carboxylic acids is 1. The number of hydrogen-bond acceptors (Lipinski definition) is 3. The number of aromatic nitrogens is 2. The summed E-state index contributed by atoms with van der Waals surface area (Å²) in [6, 6.07) is 8.14. The lowest BCUT2D eigenvalue weighted by molar-refractivity contribution is 0.0733. The van der Waals surface area contributed by atoms with E-state index in [0.29, 0.717) is 17.7 Å². The van der Waals surface area contributed by atoms with Crippen LogP contribution in [0.25, 0.3) is 10.9 Å². The Bertz CT molecular complexity index is 635. The van der Waals surface area contributed by atoms with E-state index < -0.39 is 0 Å². The fraction of sp³-hybridized carbons (Fsp3) is 0.429. The maximum Gasteiger partial charge on any atom is 0.275 e. The Balaban J connectivity index is 1.70. The second kappa shape index (κ2) is 4.06. The lowest BCUT2D eigenvalue weighted by Crippen LogP contribution is -2.39. The molecule has 4 rings (SSSR count). The van der Waals surface area contributed by atoms with Gasteiger partial charge in [-0.15, -0.1) is 0 Å². The summed E-state index contributed by atoms with van der Waals surface area (Å²) in [6.45, 7) is 2.81. The van der Waals surface area contributed by atoms with Crippen molar-refractivity contribution in [2.45, 2.75) is 12.5 Å². The first kappa shape index (κ1) is 11.0. The molecule has 2 N–H and O–H groups in total. The molecule has 2 aromatic rings. The molecule has 2 aliphatic rings. The van der Waals surface area contributed by atoms with Crippen LogP contribution >= 0.6 is 0 Å². The van der Waals surface area contributed by atoms with Crippen molar-refractivity contribution < 1.29 is 4.79 Å². The molecule has 1 aromatic carbocycles. The van der Waals surface area contributed by atoms with E-state index in [1.807, 2.05) is 29.2 Å². The van der Waals surface area contributed by atoms with Gasteiger partial charge in [-0.1, -0.05) is 18.2 Å². The molecule has 1 amide bonds. The van der Waals surface area contributed by atoms with Gasteiger partial charge in [0.15, 0.2) is 5.69 Å². The number of nitrogens with one attached hydrogen (secondary N) is 2. The molecule has 0 bridgehead atoms. The van der Waals surface area contributed by atoms with E-state index in [4.69, 9.17) is 0 Å². The minimum Gasteiger partial charge on any atom is -0.333 e. The quantitative estimate of drug-likeness (QED) is 0.800. The predicted molar refractivity (Wildman–Crippen MR) is 71.9 cm³/mol. The summed E-state index contributed by atoms with van der Waals surface area (Å²) in [4.78, 5) is 14.7. The lowest BCUT2D eigenvalue weighted by atomic mass is 10.1. The van der Waals surface area contributed by atoms with E-state index in [0.717, 1.165) is 37.0 Å². The molecule has 2 unspecified atom stereocenters. The van der Waals surface area contributed by atoms with E-state index in [1.54, 1.807) is 0 Å². The zero-order valence-corrected chi connectivity index (χ0v) is 10.6. The van der Waals surface area contributed by atoms with Crippen LogP contribution in [0.2, 0.25) is 0 Å². The van der Waals surface area contributed by atoms with E-state index in [-0.39, 0.29) is 5.91 Å². The van der Waals surface area contributed by atoms with Crippen LogP contribution in [0, 0.1) is 5.92 Å². The normalized spacial score (nSPS) is 26.0. The maximum absolute atomic E-state index is 12.7. The number of rotatable bonds is 1. The third kappa shape index (κ3) is 1.58. The average molecular weight is 256 g/mol. The van der Waals surface area contributed by atoms with E-state index in [1.165, 1.54) is 0 Å². The van der Waals surface area contributed by atoms with Crippen LogP contribution in [0.1, 0.15) is 16.9 Å². The van der Waals surface area contributed by atoms with Crippen LogP contribution in [0.3, 0.4) is 0 Å². The van der Waals surface area contributed by atoms with E-state index >= 15 is 0 Å². The van der Waals surface area contributed by atoms with Gasteiger partial charge in [0.2, 0.25) is 0 Å². The number of nitrogens with zero attached hydrogens (tertiary/aromatic N) is 2.